The van der Waals surface area contributed by atoms with Gasteiger partial charge in [0.1, 0.15) is 22.8 Å². The fourth-order valence-corrected chi connectivity index (χ4v) is 1.92. The third-order valence-electron chi connectivity index (χ3n) is 2.91. The fraction of sp³-hybridized carbons (Fsp3) is 0.118. The maximum absolute atomic E-state index is 11.4. The van der Waals surface area contributed by atoms with Crippen LogP contribution >= 0.6 is 0 Å². The van der Waals surface area contributed by atoms with Gasteiger partial charge in [-0.2, -0.15) is 0 Å². The molecular weight excluding hydrogens is 284 g/mol. The molecule has 0 atom stereocenters. The first-order valence-corrected chi connectivity index (χ1v) is 6.53. The Hall–Kier alpha value is -2.95. The highest BCUT2D eigenvalue weighted by atomic mass is 16.5. The lowest BCUT2D eigenvalue weighted by atomic mass is 10.1. The first kappa shape index (κ1) is 15.4. The van der Waals surface area contributed by atoms with Crippen LogP contribution in [0.25, 0.3) is 5.57 Å². The van der Waals surface area contributed by atoms with Crippen LogP contribution in [-0.4, -0.2) is 25.3 Å². The highest BCUT2D eigenvalue weighted by Crippen LogP contribution is 2.31. The van der Waals surface area contributed by atoms with Crippen LogP contribution in [0.1, 0.15) is 5.56 Å². The van der Waals surface area contributed by atoms with Gasteiger partial charge in [-0.15, -0.1) is 0 Å². The highest BCUT2D eigenvalue weighted by Gasteiger charge is 2.16. The van der Waals surface area contributed by atoms with E-state index in [2.05, 4.69) is 0 Å². The standard InChI is InChI=1S/C17H16O5/c1-20-11-15(17(18)19)14-8-3-4-9-16(14)22-13-7-5-6-12(10-13)21-2/h3-11H,1-2H3,(H,18,19)/b15-11-. The minimum absolute atomic E-state index is 0.0148. The maximum atomic E-state index is 11.4. The predicted octanol–water partition coefficient (Wildman–Crippen LogP) is 3.56. The Morgan fingerprint density at radius 3 is 2.45 bits per heavy atom. The summed E-state index contributed by atoms with van der Waals surface area (Å²) in [7, 11) is 2.96. The van der Waals surface area contributed by atoms with Gasteiger partial charge in [0.15, 0.2) is 0 Å². The van der Waals surface area contributed by atoms with Crippen LogP contribution in [0.2, 0.25) is 0 Å². The molecule has 5 heteroatoms. The number of carboxylic acids is 1. The van der Waals surface area contributed by atoms with E-state index in [0.29, 0.717) is 22.8 Å². The fourth-order valence-electron chi connectivity index (χ4n) is 1.92. The van der Waals surface area contributed by atoms with Gasteiger partial charge in [-0.05, 0) is 18.2 Å². The number of methoxy groups -OCH3 is 2. The van der Waals surface area contributed by atoms with E-state index in [9.17, 15) is 9.90 Å². The van der Waals surface area contributed by atoms with E-state index in [1.54, 1.807) is 55.6 Å². The molecule has 0 fully saturated rings. The lowest BCUT2D eigenvalue weighted by Gasteiger charge is -2.12. The summed E-state index contributed by atoms with van der Waals surface area (Å²) in [6.07, 6.45) is 1.18. The van der Waals surface area contributed by atoms with Crippen molar-refractivity contribution in [1.82, 2.24) is 0 Å². The summed E-state index contributed by atoms with van der Waals surface area (Å²) >= 11 is 0. The van der Waals surface area contributed by atoms with Crippen molar-refractivity contribution in [1.29, 1.82) is 0 Å². The normalized spacial score (nSPS) is 10.9. The van der Waals surface area contributed by atoms with Crippen LogP contribution in [0.3, 0.4) is 0 Å². The summed E-state index contributed by atoms with van der Waals surface area (Å²) < 4.78 is 15.8. The molecule has 0 heterocycles. The number of hydrogen-bond acceptors (Lipinski definition) is 4. The van der Waals surface area contributed by atoms with Crippen LogP contribution in [0.5, 0.6) is 17.2 Å². The molecule has 0 aromatic heterocycles. The zero-order valence-corrected chi connectivity index (χ0v) is 12.3. The SMILES string of the molecule is CO/C=C(\C(=O)O)c1ccccc1Oc1cccc(OC)c1. The molecule has 114 valence electrons. The van der Waals surface area contributed by atoms with E-state index < -0.39 is 5.97 Å². The van der Waals surface area contributed by atoms with Gasteiger partial charge in [0.25, 0.3) is 0 Å². The van der Waals surface area contributed by atoms with Crippen molar-refractivity contribution < 1.29 is 24.1 Å². The van der Waals surface area contributed by atoms with Crippen molar-refractivity contribution in [2.75, 3.05) is 14.2 Å². The van der Waals surface area contributed by atoms with E-state index >= 15 is 0 Å². The van der Waals surface area contributed by atoms with Gasteiger partial charge in [-0.25, -0.2) is 4.79 Å². The third-order valence-corrected chi connectivity index (χ3v) is 2.91. The van der Waals surface area contributed by atoms with E-state index in [0.717, 1.165) is 0 Å². The van der Waals surface area contributed by atoms with Gasteiger partial charge in [-0.1, -0.05) is 24.3 Å². The summed E-state index contributed by atoms with van der Waals surface area (Å²) in [5.74, 6) is 0.528. The molecule has 0 saturated heterocycles. The van der Waals surface area contributed by atoms with Gasteiger partial charge in [0, 0.05) is 11.6 Å². The Morgan fingerprint density at radius 2 is 1.77 bits per heavy atom. The Bertz CT molecular complexity index is 691. The number of aliphatic carboxylic acids is 1. The van der Waals surface area contributed by atoms with E-state index in [4.69, 9.17) is 14.2 Å². The number of para-hydroxylation sites is 1. The third kappa shape index (κ3) is 3.58. The molecule has 2 aromatic rings. The van der Waals surface area contributed by atoms with Gasteiger partial charge in [-0.3, -0.25) is 0 Å². The zero-order valence-electron chi connectivity index (χ0n) is 12.3. The summed E-state index contributed by atoms with van der Waals surface area (Å²) in [5.41, 5.74) is 0.445. The molecule has 2 rings (SSSR count). The summed E-state index contributed by atoms with van der Waals surface area (Å²) in [4.78, 5) is 11.4. The van der Waals surface area contributed by atoms with E-state index in [1.807, 2.05) is 0 Å². The molecule has 5 nitrogen and oxygen atoms in total. The molecule has 0 radical (unpaired) electrons. The summed E-state index contributed by atoms with van der Waals surface area (Å²) in [5, 5.41) is 9.31. The zero-order chi connectivity index (χ0) is 15.9. The maximum Gasteiger partial charge on any atom is 0.339 e. The van der Waals surface area contributed by atoms with Crippen molar-refractivity contribution in [3.8, 4) is 17.2 Å². The van der Waals surface area contributed by atoms with Crippen molar-refractivity contribution >= 4 is 11.5 Å². The van der Waals surface area contributed by atoms with E-state index in [1.165, 1.54) is 13.4 Å². The number of rotatable bonds is 6. The quantitative estimate of drug-likeness (QED) is 0.652. The second-order valence-electron chi connectivity index (χ2n) is 4.35. The van der Waals surface area contributed by atoms with Crippen LogP contribution < -0.4 is 9.47 Å². The number of ether oxygens (including phenoxy) is 3. The topological polar surface area (TPSA) is 65.0 Å². The van der Waals surface area contributed by atoms with Crippen LogP contribution in [0.15, 0.2) is 54.8 Å². The molecule has 0 aliphatic rings. The number of carboxylic acid groups (broad SMARTS) is 1. The Morgan fingerprint density at radius 1 is 1.05 bits per heavy atom. The molecule has 0 saturated carbocycles. The molecule has 22 heavy (non-hydrogen) atoms. The Balaban J connectivity index is 2.39. The molecule has 0 spiro atoms. The largest absolute Gasteiger partial charge is 0.503 e. The lowest BCUT2D eigenvalue weighted by molar-refractivity contribution is -0.130. The smallest absolute Gasteiger partial charge is 0.339 e. The van der Waals surface area contributed by atoms with Gasteiger partial charge >= 0.3 is 5.97 Å². The molecule has 0 bridgehead atoms. The van der Waals surface area contributed by atoms with Crippen LogP contribution in [0.4, 0.5) is 0 Å². The summed E-state index contributed by atoms with van der Waals surface area (Å²) in [6.45, 7) is 0. The first-order chi connectivity index (χ1) is 10.7. The number of carbonyl (C=O) groups is 1. The second kappa shape index (κ2) is 7.17. The molecule has 0 unspecified atom stereocenters. The van der Waals surface area contributed by atoms with Crippen molar-refractivity contribution in [2.24, 2.45) is 0 Å². The molecule has 0 aliphatic carbocycles. The molecular formula is C17H16O5. The van der Waals surface area contributed by atoms with Crippen LogP contribution in [-0.2, 0) is 9.53 Å². The molecule has 1 N–H and O–H groups in total. The van der Waals surface area contributed by atoms with Crippen molar-refractivity contribution in [3.05, 3.63) is 60.4 Å². The minimum Gasteiger partial charge on any atom is -0.503 e. The molecule has 0 amide bonds. The number of benzene rings is 2. The van der Waals surface area contributed by atoms with Gasteiger partial charge in [0.05, 0.1) is 20.5 Å². The second-order valence-corrected chi connectivity index (χ2v) is 4.35. The van der Waals surface area contributed by atoms with Crippen molar-refractivity contribution in [2.45, 2.75) is 0 Å². The Labute approximate surface area is 128 Å². The number of hydrogen-bond donors (Lipinski definition) is 1. The van der Waals surface area contributed by atoms with Gasteiger partial charge < -0.3 is 19.3 Å². The average Bonchev–Trinajstić information content (AvgIpc) is 2.53. The highest BCUT2D eigenvalue weighted by molar-refractivity contribution is 6.15. The average molecular weight is 300 g/mol. The van der Waals surface area contributed by atoms with E-state index in [-0.39, 0.29) is 5.57 Å². The monoisotopic (exact) mass is 300 g/mol. The summed E-state index contributed by atoms with van der Waals surface area (Å²) in [6, 6.07) is 13.9. The first-order valence-electron chi connectivity index (χ1n) is 6.53. The molecule has 2 aromatic carbocycles. The lowest BCUT2D eigenvalue weighted by Crippen LogP contribution is -2.02. The Kier molecular flexibility index (Phi) is 5.03. The van der Waals surface area contributed by atoms with Gasteiger partial charge in [0.2, 0.25) is 0 Å². The minimum atomic E-state index is -1.09. The van der Waals surface area contributed by atoms with Crippen molar-refractivity contribution in [3.63, 3.8) is 0 Å². The van der Waals surface area contributed by atoms with Crippen LogP contribution in [0, 0.1) is 0 Å². The molecule has 0 aliphatic heterocycles. The predicted molar refractivity (Wildman–Crippen MR) is 82.1 cm³/mol.